The highest BCUT2D eigenvalue weighted by atomic mass is 32.2. The van der Waals surface area contributed by atoms with Crippen LogP contribution < -0.4 is 31.9 Å². The van der Waals surface area contributed by atoms with Gasteiger partial charge in [-0.05, 0) is 50.7 Å². The quantitative estimate of drug-likeness (QED) is 0.202. The van der Waals surface area contributed by atoms with Gasteiger partial charge in [-0.25, -0.2) is 4.79 Å². The average Bonchev–Trinajstić information content (AvgIpc) is 2.96. The molecule has 1 aromatic rings. The van der Waals surface area contributed by atoms with Crippen LogP contribution in [0.5, 0.6) is 0 Å². The van der Waals surface area contributed by atoms with Crippen molar-refractivity contribution >= 4 is 17.8 Å². The molecule has 9 nitrogen and oxygen atoms in total. The van der Waals surface area contributed by atoms with Gasteiger partial charge in [-0.2, -0.15) is 0 Å². The molecule has 1 aliphatic heterocycles. The molecule has 220 valence electrons. The maximum atomic E-state index is 12.1. The van der Waals surface area contributed by atoms with Gasteiger partial charge in [0, 0.05) is 87.8 Å². The largest absolute Gasteiger partial charge is 0.385 e. The molecule has 1 aromatic heterocycles. The van der Waals surface area contributed by atoms with Crippen LogP contribution in [0.4, 0.5) is 4.79 Å². The number of pyridine rings is 1. The van der Waals surface area contributed by atoms with Gasteiger partial charge in [0.1, 0.15) is 0 Å². The zero-order valence-electron chi connectivity index (χ0n) is 23.9. The normalized spacial score (nSPS) is 26.4. The lowest BCUT2D eigenvalue weighted by Crippen LogP contribution is -2.53. The van der Waals surface area contributed by atoms with Crippen LogP contribution in [0, 0.1) is 0 Å². The highest BCUT2D eigenvalue weighted by Gasteiger charge is 2.27. The summed E-state index contributed by atoms with van der Waals surface area (Å²) in [6.45, 7) is 5.67. The van der Waals surface area contributed by atoms with Crippen LogP contribution in [0.15, 0.2) is 17.0 Å². The number of unbranched alkanes of at least 4 members (excludes halogenated alkanes) is 1. The molecule has 2 amide bonds. The summed E-state index contributed by atoms with van der Waals surface area (Å²) in [5, 5.41) is 21.3. The first-order chi connectivity index (χ1) is 19.2. The van der Waals surface area contributed by atoms with E-state index in [0.717, 1.165) is 62.8 Å². The van der Waals surface area contributed by atoms with Gasteiger partial charge in [0.2, 0.25) is 0 Å². The van der Waals surface area contributed by atoms with Crippen LogP contribution in [0.2, 0.25) is 0 Å². The lowest BCUT2D eigenvalue weighted by Gasteiger charge is -2.34. The molecular weight excluding hydrogens is 510 g/mol. The molecule has 39 heavy (non-hydrogen) atoms. The molecule has 0 spiro atoms. The minimum Gasteiger partial charge on any atom is -0.385 e. The number of fused-ring (bicyclic) bond motifs is 4. The topological polar surface area (TPSA) is 111 Å². The van der Waals surface area contributed by atoms with Gasteiger partial charge in [0.25, 0.3) is 0 Å². The number of hydrogen-bond acceptors (Lipinski definition) is 8. The van der Waals surface area contributed by atoms with Crippen molar-refractivity contribution in [3.63, 3.8) is 0 Å². The number of nitrogens with zero attached hydrogens (tertiary/aromatic N) is 1. The van der Waals surface area contributed by atoms with Gasteiger partial charge in [-0.1, -0.05) is 25.7 Å². The number of thioether (sulfide) groups is 1. The highest BCUT2D eigenvalue weighted by Crippen LogP contribution is 2.23. The lowest BCUT2D eigenvalue weighted by molar-refractivity contribution is 0.192. The molecule has 4 atom stereocenters. The fraction of sp³-hybridized carbons (Fsp3) is 0.793. The van der Waals surface area contributed by atoms with Crippen LogP contribution in [-0.4, -0.2) is 80.8 Å². The number of aromatic nitrogens is 1. The summed E-state index contributed by atoms with van der Waals surface area (Å²) in [7, 11) is 1.70. The Bertz CT molecular complexity index is 813. The second-order valence-electron chi connectivity index (χ2n) is 11.2. The Morgan fingerprint density at radius 1 is 0.846 bits per heavy atom. The molecule has 2 fully saturated rings. The number of methoxy groups -OCH3 is 1. The van der Waals surface area contributed by atoms with Gasteiger partial charge in [-0.3, -0.25) is 4.98 Å². The summed E-state index contributed by atoms with van der Waals surface area (Å²) in [6.07, 6.45) is 12.0. The predicted molar refractivity (Wildman–Crippen MR) is 159 cm³/mol. The number of urea groups is 1. The van der Waals surface area contributed by atoms with Crippen molar-refractivity contribution < 1.29 is 9.53 Å². The zero-order valence-corrected chi connectivity index (χ0v) is 24.7. The summed E-state index contributed by atoms with van der Waals surface area (Å²) in [4.78, 5) is 18.4. The highest BCUT2D eigenvalue weighted by molar-refractivity contribution is 7.99. The van der Waals surface area contributed by atoms with Gasteiger partial charge in [0.15, 0.2) is 0 Å². The minimum atomic E-state index is -0.0961. The van der Waals surface area contributed by atoms with Gasteiger partial charge in [-0.15, -0.1) is 11.8 Å². The van der Waals surface area contributed by atoms with E-state index in [1.807, 2.05) is 0 Å². The molecule has 3 aliphatic rings. The Morgan fingerprint density at radius 3 is 1.95 bits per heavy atom. The first-order valence-electron chi connectivity index (χ1n) is 15.3. The van der Waals surface area contributed by atoms with E-state index in [9.17, 15) is 4.79 Å². The number of amides is 2. The lowest BCUT2D eigenvalue weighted by atomic mass is 9.89. The fourth-order valence-corrected chi connectivity index (χ4v) is 6.96. The van der Waals surface area contributed by atoms with E-state index >= 15 is 0 Å². The number of nitrogens with one attached hydrogen (secondary N) is 6. The number of rotatable bonds is 9. The van der Waals surface area contributed by atoms with E-state index in [1.165, 1.54) is 56.3 Å². The monoisotopic (exact) mass is 561 g/mol. The summed E-state index contributed by atoms with van der Waals surface area (Å²) in [5.41, 5.74) is 2.21. The van der Waals surface area contributed by atoms with E-state index in [2.05, 4.69) is 44.0 Å². The third-order valence-corrected chi connectivity index (χ3v) is 9.16. The number of ether oxygens (including phenoxy) is 1. The molecule has 0 unspecified atom stereocenters. The molecular formula is C29H51N7O2S. The van der Waals surface area contributed by atoms with Gasteiger partial charge >= 0.3 is 6.03 Å². The predicted octanol–water partition coefficient (Wildman–Crippen LogP) is 2.89. The Labute approximate surface area is 239 Å². The summed E-state index contributed by atoms with van der Waals surface area (Å²) >= 11 is 1.79. The van der Waals surface area contributed by atoms with Gasteiger partial charge < -0.3 is 36.6 Å². The van der Waals surface area contributed by atoms with Crippen LogP contribution in [0.3, 0.4) is 0 Å². The van der Waals surface area contributed by atoms with E-state index in [4.69, 9.17) is 9.72 Å². The van der Waals surface area contributed by atoms with Crippen molar-refractivity contribution in [1.82, 2.24) is 36.9 Å². The molecule has 2 aliphatic carbocycles. The number of carbonyl (C=O) groups excluding carboxylic acids is 1. The third kappa shape index (κ3) is 10.8. The molecule has 4 rings (SSSR count). The van der Waals surface area contributed by atoms with E-state index in [-0.39, 0.29) is 6.03 Å². The maximum absolute atomic E-state index is 12.1. The first kappa shape index (κ1) is 30.5. The van der Waals surface area contributed by atoms with E-state index < -0.39 is 0 Å². The SMILES string of the molecule is COCCCCNC(=O)NCCSc1cc2nc(c1)CN[C@@H]1CCCC[C@H]1NCCN[C@@H]1CCCC[C@H]1NC2. The Hall–Kier alpha value is -1.43. The molecule has 6 N–H and O–H groups in total. The van der Waals surface area contributed by atoms with E-state index in [1.54, 1.807) is 18.9 Å². The van der Waals surface area contributed by atoms with Crippen molar-refractivity contribution in [3.05, 3.63) is 23.5 Å². The Balaban J connectivity index is 1.34. The van der Waals surface area contributed by atoms with E-state index in [0.29, 0.717) is 37.3 Å². The smallest absolute Gasteiger partial charge is 0.314 e. The molecule has 2 heterocycles. The molecule has 2 bridgehead atoms. The Kier molecular flexibility index (Phi) is 13.6. The second-order valence-corrected chi connectivity index (χ2v) is 12.3. The van der Waals surface area contributed by atoms with Crippen LogP contribution in [0.1, 0.15) is 75.6 Å². The summed E-state index contributed by atoms with van der Waals surface area (Å²) < 4.78 is 5.05. The summed E-state index contributed by atoms with van der Waals surface area (Å²) in [5.74, 6) is 0.823. The van der Waals surface area contributed by atoms with Crippen LogP contribution in [-0.2, 0) is 17.8 Å². The van der Waals surface area contributed by atoms with Gasteiger partial charge in [0.05, 0.1) is 11.4 Å². The summed E-state index contributed by atoms with van der Waals surface area (Å²) in [6, 6.07) is 6.39. The first-order valence-corrected chi connectivity index (χ1v) is 16.3. The molecule has 0 saturated heterocycles. The van der Waals surface area contributed by atoms with Crippen LogP contribution >= 0.6 is 11.8 Å². The van der Waals surface area contributed by atoms with Crippen molar-refractivity contribution in [2.24, 2.45) is 0 Å². The molecule has 10 heteroatoms. The second kappa shape index (κ2) is 17.4. The minimum absolute atomic E-state index is 0.0961. The van der Waals surface area contributed by atoms with Crippen molar-refractivity contribution in [1.29, 1.82) is 0 Å². The zero-order chi connectivity index (χ0) is 27.1. The standard InChI is InChI=1S/C29H51N7O2S/c1-38-16-7-6-12-32-29(37)33-15-17-39-24-18-22-20-34-27-10-4-2-8-25(27)30-13-14-31-26-9-3-5-11-28(26)35-21-23(19-24)36-22/h18-19,25-28,30-31,34-35H,2-17,20-21H2,1H3,(H2,32,33,37)/t25-,26-,27-,28-/m1/s1. The number of hydrogen-bond donors (Lipinski definition) is 6. The van der Waals surface area contributed by atoms with Crippen LogP contribution in [0.25, 0.3) is 0 Å². The third-order valence-electron chi connectivity index (χ3n) is 8.18. The molecule has 0 aromatic carbocycles. The van der Waals surface area contributed by atoms with Crippen molar-refractivity contribution in [3.8, 4) is 0 Å². The Morgan fingerprint density at radius 2 is 1.38 bits per heavy atom. The average molecular weight is 562 g/mol. The maximum Gasteiger partial charge on any atom is 0.314 e. The fourth-order valence-electron chi connectivity index (χ4n) is 6.08. The van der Waals surface area contributed by atoms with Crippen molar-refractivity contribution in [2.75, 3.05) is 45.6 Å². The number of carbonyl (C=O) groups is 1. The van der Waals surface area contributed by atoms with Crippen molar-refractivity contribution in [2.45, 2.75) is 106 Å². The molecule has 2 saturated carbocycles. The molecule has 0 radical (unpaired) electrons.